The molecule has 21 heavy (non-hydrogen) atoms. The second kappa shape index (κ2) is 5.28. The highest BCUT2D eigenvalue weighted by Crippen LogP contribution is 2.33. The van der Waals surface area contributed by atoms with E-state index in [9.17, 15) is 9.18 Å². The van der Waals surface area contributed by atoms with Crippen molar-refractivity contribution in [3.8, 4) is 11.5 Å². The number of carboxylic acids is 1. The standard InChI is InChI=1S/C14H11FN2O4/c15-12-9(14(18)19)3-4-16-13(12)17-8-1-2-10-11(7-8)21-6-5-20-10/h1-4,7H,5-6H2,(H,16,17)(H,18,19). The largest absolute Gasteiger partial charge is 0.486 e. The number of rotatable bonds is 3. The van der Waals surface area contributed by atoms with E-state index in [0.29, 0.717) is 30.4 Å². The van der Waals surface area contributed by atoms with Gasteiger partial charge in [0, 0.05) is 18.0 Å². The maximum atomic E-state index is 14.0. The molecular weight excluding hydrogens is 279 g/mol. The molecule has 0 saturated carbocycles. The molecule has 0 spiro atoms. The zero-order valence-corrected chi connectivity index (χ0v) is 10.8. The summed E-state index contributed by atoms with van der Waals surface area (Å²) >= 11 is 0. The smallest absolute Gasteiger partial charge is 0.338 e. The quantitative estimate of drug-likeness (QED) is 0.903. The summed E-state index contributed by atoms with van der Waals surface area (Å²) in [5, 5.41) is 11.6. The highest BCUT2D eigenvalue weighted by Gasteiger charge is 2.16. The number of hydrogen-bond acceptors (Lipinski definition) is 5. The number of anilines is 2. The number of hydrogen-bond donors (Lipinski definition) is 2. The lowest BCUT2D eigenvalue weighted by atomic mass is 10.2. The highest BCUT2D eigenvalue weighted by molar-refractivity contribution is 5.89. The molecule has 1 aromatic carbocycles. The van der Waals surface area contributed by atoms with Crippen molar-refractivity contribution in [1.82, 2.24) is 4.98 Å². The van der Waals surface area contributed by atoms with Crippen LogP contribution in [0.1, 0.15) is 10.4 Å². The van der Waals surface area contributed by atoms with Crippen LogP contribution in [0.25, 0.3) is 0 Å². The van der Waals surface area contributed by atoms with Crippen LogP contribution in [-0.4, -0.2) is 29.3 Å². The van der Waals surface area contributed by atoms with Crippen LogP contribution in [0, 0.1) is 5.82 Å². The van der Waals surface area contributed by atoms with Gasteiger partial charge in [-0.15, -0.1) is 0 Å². The van der Waals surface area contributed by atoms with E-state index in [0.717, 1.165) is 6.07 Å². The number of nitrogens with zero attached hydrogens (tertiary/aromatic N) is 1. The highest BCUT2D eigenvalue weighted by atomic mass is 19.1. The summed E-state index contributed by atoms with van der Waals surface area (Å²) in [6.07, 6.45) is 1.23. The third-order valence-electron chi connectivity index (χ3n) is 2.92. The Morgan fingerprint density at radius 2 is 2.00 bits per heavy atom. The molecule has 0 saturated heterocycles. The number of aromatic carboxylic acids is 1. The lowest BCUT2D eigenvalue weighted by molar-refractivity contribution is 0.0692. The summed E-state index contributed by atoms with van der Waals surface area (Å²) < 4.78 is 24.8. The lowest BCUT2D eigenvalue weighted by Gasteiger charge is -2.19. The Bertz CT molecular complexity index is 705. The molecule has 108 valence electrons. The van der Waals surface area contributed by atoms with E-state index < -0.39 is 17.3 Å². The van der Waals surface area contributed by atoms with E-state index in [2.05, 4.69) is 10.3 Å². The molecular formula is C14H11FN2O4. The van der Waals surface area contributed by atoms with E-state index in [1.807, 2.05) is 0 Å². The van der Waals surface area contributed by atoms with Crippen molar-refractivity contribution in [2.45, 2.75) is 0 Å². The first-order valence-electron chi connectivity index (χ1n) is 6.19. The van der Waals surface area contributed by atoms with Crippen molar-refractivity contribution in [3.63, 3.8) is 0 Å². The maximum absolute atomic E-state index is 14.0. The molecule has 0 atom stereocenters. The van der Waals surface area contributed by atoms with Crippen molar-refractivity contribution in [2.24, 2.45) is 0 Å². The van der Waals surface area contributed by atoms with E-state index in [4.69, 9.17) is 14.6 Å². The van der Waals surface area contributed by atoms with Crippen LogP contribution in [0.15, 0.2) is 30.5 Å². The van der Waals surface area contributed by atoms with Gasteiger partial charge in [-0.1, -0.05) is 0 Å². The normalized spacial score (nSPS) is 12.8. The number of fused-ring (bicyclic) bond motifs is 1. The van der Waals surface area contributed by atoms with Gasteiger partial charge in [0.05, 0.1) is 0 Å². The molecule has 1 aromatic heterocycles. The minimum absolute atomic E-state index is 0.161. The third-order valence-corrected chi connectivity index (χ3v) is 2.92. The molecule has 3 rings (SSSR count). The molecule has 6 nitrogen and oxygen atoms in total. The number of benzene rings is 1. The van der Waals surface area contributed by atoms with Crippen molar-refractivity contribution < 1.29 is 23.8 Å². The molecule has 0 fully saturated rings. The third kappa shape index (κ3) is 2.58. The zero-order valence-electron chi connectivity index (χ0n) is 10.8. The van der Waals surface area contributed by atoms with Crippen LogP contribution in [0.4, 0.5) is 15.9 Å². The zero-order chi connectivity index (χ0) is 14.8. The van der Waals surface area contributed by atoms with Gasteiger partial charge in [-0.25, -0.2) is 14.2 Å². The summed E-state index contributed by atoms with van der Waals surface area (Å²) in [6, 6.07) is 6.10. The topological polar surface area (TPSA) is 80.7 Å². The minimum atomic E-state index is -1.35. The number of ether oxygens (including phenoxy) is 2. The predicted octanol–water partition coefficient (Wildman–Crippen LogP) is 2.43. The van der Waals surface area contributed by atoms with Crippen LogP contribution < -0.4 is 14.8 Å². The Balaban J connectivity index is 1.90. The molecule has 2 heterocycles. The Labute approximate surface area is 119 Å². The molecule has 0 radical (unpaired) electrons. The van der Waals surface area contributed by atoms with Crippen LogP contribution in [0.3, 0.4) is 0 Å². The number of nitrogens with one attached hydrogen (secondary N) is 1. The number of pyridine rings is 1. The first-order valence-corrected chi connectivity index (χ1v) is 6.19. The van der Waals surface area contributed by atoms with Gasteiger partial charge in [0.15, 0.2) is 23.1 Å². The number of halogens is 1. The summed E-state index contributed by atoms with van der Waals surface area (Å²) in [4.78, 5) is 14.7. The predicted molar refractivity (Wildman–Crippen MR) is 71.9 cm³/mol. The second-order valence-corrected chi connectivity index (χ2v) is 4.31. The molecule has 0 aliphatic carbocycles. The monoisotopic (exact) mass is 290 g/mol. The van der Waals surface area contributed by atoms with Gasteiger partial charge in [0.25, 0.3) is 0 Å². The van der Waals surface area contributed by atoms with Gasteiger partial charge < -0.3 is 19.9 Å². The molecule has 0 bridgehead atoms. The van der Waals surface area contributed by atoms with E-state index in [1.54, 1.807) is 18.2 Å². The first kappa shape index (κ1) is 13.2. The van der Waals surface area contributed by atoms with Gasteiger partial charge in [-0.3, -0.25) is 0 Å². The van der Waals surface area contributed by atoms with Crippen LogP contribution >= 0.6 is 0 Å². The Morgan fingerprint density at radius 3 is 2.76 bits per heavy atom. The van der Waals surface area contributed by atoms with E-state index in [-0.39, 0.29) is 5.82 Å². The molecule has 2 aromatic rings. The average Bonchev–Trinajstić information content (AvgIpc) is 2.49. The molecule has 1 aliphatic heterocycles. The second-order valence-electron chi connectivity index (χ2n) is 4.31. The lowest BCUT2D eigenvalue weighted by Crippen LogP contribution is -2.15. The fourth-order valence-corrected chi connectivity index (χ4v) is 1.95. The maximum Gasteiger partial charge on any atom is 0.338 e. The Hall–Kier alpha value is -2.83. The number of aromatic nitrogens is 1. The molecule has 2 N–H and O–H groups in total. The van der Waals surface area contributed by atoms with Gasteiger partial charge in [-0.2, -0.15) is 0 Å². The molecule has 1 aliphatic rings. The van der Waals surface area contributed by atoms with Gasteiger partial charge in [0.1, 0.15) is 18.8 Å². The van der Waals surface area contributed by atoms with Crippen molar-refractivity contribution in [2.75, 3.05) is 18.5 Å². The van der Waals surface area contributed by atoms with Crippen LogP contribution in [-0.2, 0) is 0 Å². The Morgan fingerprint density at radius 1 is 1.24 bits per heavy atom. The van der Waals surface area contributed by atoms with Crippen molar-refractivity contribution in [3.05, 3.63) is 41.8 Å². The van der Waals surface area contributed by atoms with E-state index in [1.165, 1.54) is 6.20 Å². The Kier molecular flexibility index (Phi) is 3.31. The summed E-state index contributed by atoms with van der Waals surface area (Å²) in [6.45, 7) is 0.925. The van der Waals surface area contributed by atoms with Crippen LogP contribution in [0.2, 0.25) is 0 Å². The van der Waals surface area contributed by atoms with Crippen molar-refractivity contribution in [1.29, 1.82) is 0 Å². The van der Waals surface area contributed by atoms with E-state index >= 15 is 0 Å². The van der Waals surface area contributed by atoms with Gasteiger partial charge in [0.2, 0.25) is 0 Å². The first-order chi connectivity index (χ1) is 10.1. The molecule has 0 amide bonds. The fourth-order valence-electron chi connectivity index (χ4n) is 1.95. The summed E-state index contributed by atoms with van der Waals surface area (Å²) in [5.74, 6) is -1.27. The summed E-state index contributed by atoms with van der Waals surface area (Å²) in [5.41, 5.74) is 0.0817. The average molecular weight is 290 g/mol. The fraction of sp³-hybridized carbons (Fsp3) is 0.143. The van der Waals surface area contributed by atoms with Crippen LogP contribution in [0.5, 0.6) is 11.5 Å². The van der Waals surface area contributed by atoms with Gasteiger partial charge in [-0.05, 0) is 18.2 Å². The van der Waals surface area contributed by atoms with Crippen molar-refractivity contribution >= 4 is 17.5 Å². The number of carboxylic acid groups (broad SMARTS) is 1. The summed E-state index contributed by atoms with van der Waals surface area (Å²) in [7, 11) is 0. The SMILES string of the molecule is O=C(O)c1ccnc(Nc2ccc3c(c2)OCCO3)c1F. The van der Waals surface area contributed by atoms with Gasteiger partial charge >= 0.3 is 5.97 Å². The molecule has 0 unspecified atom stereocenters. The number of carbonyl (C=O) groups is 1. The minimum Gasteiger partial charge on any atom is -0.486 e. The molecule has 7 heteroatoms.